The molecule has 1 aromatic rings. The van der Waals surface area contributed by atoms with E-state index in [1.807, 2.05) is 0 Å². The van der Waals surface area contributed by atoms with Gasteiger partial charge in [0.1, 0.15) is 5.69 Å². The van der Waals surface area contributed by atoms with E-state index in [2.05, 4.69) is 10.2 Å². The molecule has 1 aromatic carbocycles. The maximum Gasteiger partial charge on any atom is 0.351 e. The van der Waals surface area contributed by atoms with Gasteiger partial charge in [0, 0.05) is 5.02 Å². The minimum Gasteiger partial charge on any atom is -0.463 e. The third kappa shape index (κ3) is 4.22. The highest BCUT2D eigenvalue weighted by atomic mass is 35.5. The van der Waals surface area contributed by atoms with Gasteiger partial charge < -0.3 is 4.74 Å². The zero-order valence-electron chi connectivity index (χ0n) is 10.8. The van der Waals surface area contributed by atoms with Gasteiger partial charge in [0.05, 0.1) is 16.7 Å². The van der Waals surface area contributed by atoms with Crippen molar-refractivity contribution in [3.05, 3.63) is 27.2 Å². The molecule has 0 bridgehead atoms. The van der Waals surface area contributed by atoms with Gasteiger partial charge in [-0.2, -0.15) is 10.2 Å². The molecular weight excluding hydrogens is 346 g/mol. The topological polar surface area (TPSA) is 51.0 Å². The Labute approximate surface area is 137 Å². The Hall–Kier alpha value is -0.550. The van der Waals surface area contributed by atoms with Gasteiger partial charge in [0.2, 0.25) is 0 Å². The summed E-state index contributed by atoms with van der Waals surface area (Å²) in [6, 6.07) is 2.94. The molecule has 0 spiro atoms. The Bertz CT molecular complexity index is 513. The fraction of sp³-hybridized carbons (Fsp3) is 0.417. The van der Waals surface area contributed by atoms with E-state index >= 15 is 0 Å². The monoisotopic (exact) mass is 356 g/mol. The van der Waals surface area contributed by atoms with Gasteiger partial charge in [-0.05, 0) is 25.5 Å². The number of nitrogens with zero attached hydrogens (tertiary/aromatic N) is 2. The summed E-state index contributed by atoms with van der Waals surface area (Å²) in [4.78, 5) is 10.2. The average Bonchev–Trinajstić information content (AvgIpc) is 2.37. The largest absolute Gasteiger partial charge is 0.463 e. The second-order valence-corrected chi connectivity index (χ2v) is 5.63. The van der Waals surface area contributed by atoms with Crippen LogP contribution in [-0.4, -0.2) is 17.6 Å². The van der Waals surface area contributed by atoms with Crippen molar-refractivity contribution in [2.75, 3.05) is 6.61 Å². The lowest BCUT2D eigenvalue weighted by Gasteiger charge is -2.17. The molecule has 0 saturated carbocycles. The highest BCUT2D eigenvalue weighted by molar-refractivity contribution is 6.41. The Morgan fingerprint density at radius 3 is 2.25 bits per heavy atom. The molecule has 0 radical (unpaired) electrons. The predicted octanol–water partition coefficient (Wildman–Crippen LogP) is 5.64. The molecule has 0 aliphatic carbocycles. The number of hydrogen-bond acceptors (Lipinski definition) is 4. The number of esters is 1. The highest BCUT2D eigenvalue weighted by Gasteiger charge is 2.36. The minimum absolute atomic E-state index is 0.195. The predicted molar refractivity (Wildman–Crippen MR) is 81.5 cm³/mol. The number of halogens is 4. The van der Waals surface area contributed by atoms with Crippen LogP contribution in [-0.2, 0) is 9.53 Å². The van der Waals surface area contributed by atoms with Crippen LogP contribution in [0, 0.1) is 0 Å². The number of hydrogen-bond donors (Lipinski definition) is 0. The molecule has 1 atom stereocenters. The smallest absolute Gasteiger partial charge is 0.351 e. The van der Waals surface area contributed by atoms with E-state index in [0.29, 0.717) is 5.02 Å². The number of rotatable bonds is 5. The summed E-state index contributed by atoms with van der Waals surface area (Å²) in [5.41, 5.74) is 0.195. The van der Waals surface area contributed by atoms with Gasteiger partial charge in [-0.25, -0.2) is 4.79 Å². The van der Waals surface area contributed by atoms with Gasteiger partial charge in [-0.15, -0.1) is 0 Å². The number of ether oxygens (including phenoxy) is 1. The van der Waals surface area contributed by atoms with Crippen LogP contribution in [0.1, 0.15) is 20.3 Å². The van der Waals surface area contributed by atoms with Crippen LogP contribution in [0.25, 0.3) is 0 Å². The summed E-state index contributed by atoms with van der Waals surface area (Å²) < 4.78 is 4.85. The third-order valence-corrected chi connectivity index (χ3v) is 3.64. The van der Waals surface area contributed by atoms with Crippen LogP contribution in [0.15, 0.2) is 22.4 Å². The van der Waals surface area contributed by atoms with E-state index in [1.165, 1.54) is 12.1 Å². The van der Waals surface area contributed by atoms with Crippen molar-refractivity contribution in [3.8, 4) is 0 Å². The molecule has 1 unspecified atom stereocenters. The van der Waals surface area contributed by atoms with Crippen LogP contribution < -0.4 is 0 Å². The van der Waals surface area contributed by atoms with Crippen LogP contribution >= 0.6 is 46.4 Å². The molecule has 0 aliphatic heterocycles. The van der Waals surface area contributed by atoms with Gasteiger partial charge in [0.25, 0.3) is 5.00 Å². The molecule has 0 aromatic heterocycles. The lowest BCUT2D eigenvalue weighted by Crippen LogP contribution is -2.31. The molecule has 4 nitrogen and oxygen atoms in total. The van der Waals surface area contributed by atoms with Crippen LogP contribution in [0.2, 0.25) is 15.1 Å². The van der Waals surface area contributed by atoms with E-state index in [-0.39, 0.29) is 28.8 Å². The Morgan fingerprint density at radius 1 is 1.25 bits per heavy atom. The fourth-order valence-corrected chi connectivity index (χ4v) is 2.24. The Balaban J connectivity index is 3.10. The number of alkyl halides is 1. The number of carbonyl (C=O) groups is 1. The highest BCUT2D eigenvalue weighted by Crippen LogP contribution is 2.37. The molecule has 0 aliphatic rings. The summed E-state index contributed by atoms with van der Waals surface area (Å²) in [6.45, 7) is 3.56. The zero-order valence-corrected chi connectivity index (χ0v) is 13.8. The van der Waals surface area contributed by atoms with Gasteiger partial charge in [0.15, 0.2) is 0 Å². The summed E-state index contributed by atoms with van der Waals surface area (Å²) in [6.07, 6.45) is 0.208. The van der Waals surface area contributed by atoms with Crippen molar-refractivity contribution in [3.63, 3.8) is 0 Å². The van der Waals surface area contributed by atoms with Gasteiger partial charge >= 0.3 is 5.97 Å². The Kier molecular flexibility index (Phi) is 6.52. The normalized spacial score (nSPS) is 14.3. The first-order valence-corrected chi connectivity index (χ1v) is 7.28. The minimum atomic E-state index is -1.59. The van der Waals surface area contributed by atoms with E-state index in [9.17, 15) is 4.79 Å². The maximum atomic E-state index is 11.7. The molecule has 0 fully saturated rings. The van der Waals surface area contributed by atoms with Crippen molar-refractivity contribution in [1.29, 1.82) is 0 Å². The molecule has 0 saturated heterocycles. The van der Waals surface area contributed by atoms with E-state index in [0.717, 1.165) is 0 Å². The average molecular weight is 358 g/mol. The summed E-state index contributed by atoms with van der Waals surface area (Å²) >= 11 is 23.8. The number of azo groups is 1. The quantitative estimate of drug-likeness (QED) is 0.296. The molecule has 0 amide bonds. The van der Waals surface area contributed by atoms with Crippen molar-refractivity contribution < 1.29 is 9.53 Å². The van der Waals surface area contributed by atoms with Crippen molar-refractivity contribution in [1.82, 2.24) is 0 Å². The molecule has 0 N–H and O–H groups in total. The van der Waals surface area contributed by atoms with E-state index in [4.69, 9.17) is 51.1 Å². The third-order valence-electron chi connectivity index (χ3n) is 2.35. The maximum absolute atomic E-state index is 11.7. The first kappa shape index (κ1) is 17.5. The first-order valence-electron chi connectivity index (χ1n) is 5.77. The summed E-state index contributed by atoms with van der Waals surface area (Å²) in [5, 5.41) is 8.48. The second kappa shape index (κ2) is 7.46. The van der Waals surface area contributed by atoms with Gasteiger partial charge in [-0.3, -0.25) is 0 Å². The summed E-state index contributed by atoms with van der Waals surface area (Å²) in [5.74, 6) is -0.672. The zero-order chi connectivity index (χ0) is 15.3. The molecule has 1 rings (SSSR count). The van der Waals surface area contributed by atoms with Crippen molar-refractivity contribution in [2.45, 2.75) is 25.3 Å². The van der Waals surface area contributed by atoms with Crippen molar-refractivity contribution in [2.24, 2.45) is 10.2 Å². The van der Waals surface area contributed by atoms with E-state index in [1.54, 1.807) is 13.8 Å². The summed E-state index contributed by atoms with van der Waals surface area (Å²) in [7, 11) is 0. The molecule has 110 valence electrons. The molecule has 20 heavy (non-hydrogen) atoms. The standard InChI is InChI=1S/C12H12Cl4N2O2/c1-3-12(16,11(19)20-4-2)18-17-10-8(14)5-7(13)6-9(10)15/h5-6H,3-4H2,1-2H3/b18-17+. The SMILES string of the molecule is CCOC(=O)C(Cl)(CC)/N=N/c1c(Cl)cc(Cl)cc1Cl. The molecular formula is C12H12Cl4N2O2. The van der Waals surface area contributed by atoms with Gasteiger partial charge in [-0.1, -0.05) is 53.3 Å². The van der Waals surface area contributed by atoms with Crippen molar-refractivity contribution >= 4 is 58.1 Å². The van der Waals surface area contributed by atoms with Crippen LogP contribution in [0.3, 0.4) is 0 Å². The lowest BCUT2D eigenvalue weighted by atomic mass is 10.2. The first-order chi connectivity index (χ1) is 9.34. The number of benzene rings is 1. The second-order valence-electron chi connectivity index (χ2n) is 3.75. The molecule has 8 heteroatoms. The number of carbonyl (C=O) groups excluding carboxylic acids is 1. The molecule has 0 heterocycles. The van der Waals surface area contributed by atoms with Crippen LogP contribution in [0.5, 0.6) is 0 Å². The van der Waals surface area contributed by atoms with Crippen LogP contribution in [0.4, 0.5) is 5.69 Å². The lowest BCUT2D eigenvalue weighted by molar-refractivity contribution is -0.146. The van der Waals surface area contributed by atoms with E-state index < -0.39 is 11.0 Å². The Morgan fingerprint density at radius 2 is 1.80 bits per heavy atom. The fourth-order valence-electron chi connectivity index (χ4n) is 1.26.